The molecular formula is C19H21F2N3O3S. The number of para-hydroxylation sites is 1. The zero-order valence-electron chi connectivity index (χ0n) is 15.6. The molecule has 0 bridgehead atoms. The second kappa shape index (κ2) is 7.84. The Balaban J connectivity index is 1.95. The fraction of sp³-hybridized carbons (Fsp3) is 0.316. The van der Waals surface area contributed by atoms with Crippen molar-refractivity contribution in [1.29, 1.82) is 0 Å². The minimum atomic E-state index is -4.07. The van der Waals surface area contributed by atoms with Gasteiger partial charge in [0, 0.05) is 32.7 Å². The van der Waals surface area contributed by atoms with Gasteiger partial charge in [0.15, 0.2) is 0 Å². The first kappa shape index (κ1) is 20.2. The summed E-state index contributed by atoms with van der Waals surface area (Å²) in [5, 5.41) is 2.51. The lowest BCUT2D eigenvalue weighted by molar-refractivity contribution is 0.102. The van der Waals surface area contributed by atoms with Gasteiger partial charge < -0.3 is 10.2 Å². The standard InChI is InChI=1S/C19H21F2N3O3S/c1-23(2)28(26,27)17-12-13(8-9-14(17)20)19(25)22-18-15(21)6-5-7-16(18)24-10-3-4-11-24/h5-9,12H,3-4,10-11H2,1-2H3,(H,22,25). The number of sulfonamides is 1. The van der Waals surface area contributed by atoms with Crippen LogP contribution in [-0.4, -0.2) is 45.8 Å². The van der Waals surface area contributed by atoms with E-state index in [2.05, 4.69) is 5.32 Å². The molecule has 0 aromatic heterocycles. The third kappa shape index (κ3) is 3.85. The molecule has 3 rings (SSSR count). The Labute approximate surface area is 162 Å². The van der Waals surface area contributed by atoms with E-state index in [0.29, 0.717) is 5.69 Å². The first-order chi connectivity index (χ1) is 13.2. The molecular weight excluding hydrogens is 388 g/mol. The molecule has 1 fully saturated rings. The fourth-order valence-corrected chi connectivity index (χ4v) is 4.07. The second-order valence-electron chi connectivity index (χ2n) is 6.71. The summed E-state index contributed by atoms with van der Waals surface area (Å²) >= 11 is 0. The van der Waals surface area contributed by atoms with Crippen LogP contribution in [0.2, 0.25) is 0 Å². The lowest BCUT2D eigenvalue weighted by Crippen LogP contribution is -2.24. The number of nitrogens with zero attached hydrogens (tertiary/aromatic N) is 2. The van der Waals surface area contributed by atoms with Gasteiger partial charge in [-0.3, -0.25) is 4.79 Å². The summed E-state index contributed by atoms with van der Waals surface area (Å²) in [6.45, 7) is 1.52. The summed E-state index contributed by atoms with van der Waals surface area (Å²) in [4.78, 5) is 14.0. The van der Waals surface area contributed by atoms with Crippen molar-refractivity contribution in [2.45, 2.75) is 17.7 Å². The summed E-state index contributed by atoms with van der Waals surface area (Å²) < 4.78 is 53.8. The first-order valence-electron chi connectivity index (χ1n) is 8.78. The van der Waals surface area contributed by atoms with Crippen LogP contribution < -0.4 is 10.2 Å². The summed E-state index contributed by atoms with van der Waals surface area (Å²) in [7, 11) is -1.54. The lowest BCUT2D eigenvalue weighted by atomic mass is 10.2. The smallest absolute Gasteiger partial charge is 0.255 e. The maximum atomic E-state index is 14.4. The number of carbonyl (C=O) groups is 1. The van der Waals surface area contributed by atoms with Crippen LogP contribution in [0, 0.1) is 11.6 Å². The number of rotatable bonds is 5. The molecule has 6 nitrogen and oxygen atoms in total. The van der Waals surface area contributed by atoms with Crippen LogP contribution in [-0.2, 0) is 10.0 Å². The van der Waals surface area contributed by atoms with Crippen molar-refractivity contribution in [3.8, 4) is 0 Å². The van der Waals surface area contributed by atoms with Gasteiger partial charge in [-0.1, -0.05) is 6.07 Å². The average Bonchev–Trinajstić information content (AvgIpc) is 3.17. The number of halogens is 2. The van der Waals surface area contributed by atoms with Crippen molar-refractivity contribution in [3.05, 3.63) is 53.6 Å². The van der Waals surface area contributed by atoms with Gasteiger partial charge in [-0.05, 0) is 43.2 Å². The van der Waals surface area contributed by atoms with Crippen LogP contribution in [0.15, 0.2) is 41.3 Å². The van der Waals surface area contributed by atoms with E-state index in [1.54, 1.807) is 12.1 Å². The molecule has 2 aromatic rings. The van der Waals surface area contributed by atoms with Crippen molar-refractivity contribution in [2.24, 2.45) is 0 Å². The molecule has 1 N–H and O–H groups in total. The monoisotopic (exact) mass is 409 g/mol. The Morgan fingerprint density at radius 2 is 1.75 bits per heavy atom. The van der Waals surface area contributed by atoms with Gasteiger partial charge >= 0.3 is 0 Å². The van der Waals surface area contributed by atoms with Crippen molar-refractivity contribution < 1.29 is 22.0 Å². The van der Waals surface area contributed by atoms with Crippen LogP contribution in [0.4, 0.5) is 20.2 Å². The van der Waals surface area contributed by atoms with Crippen LogP contribution in [0.3, 0.4) is 0 Å². The SMILES string of the molecule is CN(C)S(=O)(=O)c1cc(C(=O)Nc2c(F)cccc2N2CCCC2)ccc1F. The van der Waals surface area contributed by atoms with Crippen molar-refractivity contribution in [3.63, 3.8) is 0 Å². The van der Waals surface area contributed by atoms with Crippen LogP contribution in [0.5, 0.6) is 0 Å². The van der Waals surface area contributed by atoms with Gasteiger partial charge in [0.2, 0.25) is 10.0 Å². The molecule has 1 saturated heterocycles. The van der Waals surface area contributed by atoms with E-state index in [-0.39, 0.29) is 11.3 Å². The number of hydrogen-bond donors (Lipinski definition) is 1. The van der Waals surface area contributed by atoms with Crippen molar-refractivity contribution >= 4 is 27.3 Å². The lowest BCUT2D eigenvalue weighted by Gasteiger charge is -2.22. The van der Waals surface area contributed by atoms with E-state index in [4.69, 9.17) is 0 Å². The first-order valence-corrected chi connectivity index (χ1v) is 10.2. The highest BCUT2D eigenvalue weighted by molar-refractivity contribution is 7.89. The van der Waals surface area contributed by atoms with Gasteiger partial charge in [0.05, 0.1) is 5.69 Å². The Kier molecular flexibility index (Phi) is 5.66. The van der Waals surface area contributed by atoms with Gasteiger partial charge in [-0.25, -0.2) is 21.5 Å². The average molecular weight is 409 g/mol. The number of benzene rings is 2. The highest BCUT2D eigenvalue weighted by atomic mass is 32.2. The molecule has 1 aliphatic heterocycles. The Hall–Kier alpha value is -2.52. The highest BCUT2D eigenvalue weighted by Crippen LogP contribution is 2.32. The number of carbonyl (C=O) groups excluding carboxylic acids is 1. The van der Waals surface area contributed by atoms with Gasteiger partial charge in [0.1, 0.15) is 22.2 Å². The maximum Gasteiger partial charge on any atom is 0.255 e. The minimum Gasteiger partial charge on any atom is -0.370 e. The topological polar surface area (TPSA) is 69.7 Å². The Morgan fingerprint density at radius 3 is 2.39 bits per heavy atom. The molecule has 2 aromatic carbocycles. The fourth-order valence-electron chi connectivity index (χ4n) is 3.08. The highest BCUT2D eigenvalue weighted by Gasteiger charge is 2.25. The predicted octanol–water partition coefficient (Wildman–Crippen LogP) is 3.07. The third-order valence-electron chi connectivity index (χ3n) is 4.63. The van der Waals surface area contributed by atoms with Crippen molar-refractivity contribution in [2.75, 3.05) is 37.4 Å². The molecule has 1 heterocycles. The minimum absolute atomic E-state index is 0.0238. The normalized spacial score (nSPS) is 14.5. The molecule has 0 atom stereocenters. The van der Waals surface area contributed by atoms with E-state index >= 15 is 0 Å². The molecule has 150 valence electrons. The molecule has 0 spiro atoms. The van der Waals surface area contributed by atoms with E-state index in [1.165, 1.54) is 20.2 Å². The summed E-state index contributed by atoms with van der Waals surface area (Å²) in [5.74, 6) is -2.28. The van der Waals surface area contributed by atoms with Gasteiger partial charge in [-0.15, -0.1) is 0 Å². The zero-order valence-corrected chi connectivity index (χ0v) is 16.4. The molecule has 0 saturated carbocycles. The third-order valence-corrected chi connectivity index (χ3v) is 6.46. The zero-order chi connectivity index (χ0) is 20.5. The Bertz CT molecular complexity index is 1000. The quantitative estimate of drug-likeness (QED) is 0.824. The Morgan fingerprint density at radius 1 is 1.07 bits per heavy atom. The van der Waals surface area contributed by atoms with E-state index < -0.39 is 32.5 Å². The predicted molar refractivity (Wildman–Crippen MR) is 103 cm³/mol. The molecule has 0 aliphatic carbocycles. The summed E-state index contributed by atoms with van der Waals surface area (Å²) in [6, 6.07) is 7.55. The molecule has 1 aliphatic rings. The van der Waals surface area contributed by atoms with Crippen molar-refractivity contribution in [1.82, 2.24) is 4.31 Å². The summed E-state index contributed by atoms with van der Waals surface area (Å²) in [5.41, 5.74) is 0.502. The molecule has 1 amide bonds. The van der Waals surface area contributed by atoms with Crippen LogP contribution >= 0.6 is 0 Å². The van der Waals surface area contributed by atoms with Crippen LogP contribution in [0.1, 0.15) is 23.2 Å². The van der Waals surface area contributed by atoms with Crippen LogP contribution in [0.25, 0.3) is 0 Å². The number of anilines is 2. The van der Waals surface area contributed by atoms with E-state index in [9.17, 15) is 22.0 Å². The second-order valence-corrected chi connectivity index (χ2v) is 8.84. The number of amides is 1. The molecule has 28 heavy (non-hydrogen) atoms. The summed E-state index contributed by atoms with van der Waals surface area (Å²) in [6.07, 6.45) is 1.96. The van der Waals surface area contributed by atoms with Gasteiger partial charge in [0.25, 0.3) is 5.91 Å². The largest absolute Gasteiger partial charge is 0.370 e. The molecule has 0 unspecified atom stereocenters. The molecule has 9 heteroatoms. The van der Waals surface area contributed by atoms with E-state index in [0.717, 1.165) is 48.4 Å². The number of hydrogen-bond acceptors (Lipinski definition) is 4. The number of nitrogens with one attached hydrogen (secondary N) is 1. The molecule has 0 radical (unpaired) electrons. The maximum absolute atomic E-state index is 14.4. The van der Waals surface area contributed by atoms with E-state index in [1.807, 2.05) is 4.90 Å². The van der Waals surface area contributed by atoms with Gasteiger partial charge in [-0.2, -0.15) is 0 Å².